The van der Waals surface area contributed by atoms with Crippen molar-refractivity contribution in [2.45, 2.75) is 24.5 Å². The lowest BCUT2D eigenvalue weighted by Crippen LogP contribution is -2.28. The highest BCUT2D eigenvalue weighted by Gasteiger charge is 2.17. The van der Waals surface area contributed by atoms with Crippen molar-refractivity contribution in [3.63, 3.8) is 0 Å². The van der Waals surface area contributed by atoms with Gasteiger partial charge in [-0.1, -0.05) is 84.0 Å². The van der Waals surface area contributed by atoms with Crippen molar-refractivity contribution in [2.75, 3.05) is 5.75 Å². The number of thioether (sulfide) groups is 1. The maximum Gasteiger partial charge on any atom is 0.230 e. The second-order valence-corrected chi connectivity index (χ2v) is 8.74. The maximum absolute atomic E-state index is 12.6. The van der Waals surface area contributed by atoms with E-state index in [0.29, 0.717) is 16.6 Å². The number of carbonyl (C=O) groups excluding carboxylic acids is 1. The lowest BCUT2D eigenvalue weighted by atomic mass is 10.1. The fourth-order valence-corrected chi connectivity index (χ4v) is 4.28. The molecule has 32 heavy (non-hydrogen) atoms. The van der Waals surface area contributed by atoms with E-state index in [9.17, 15) is 4.79 Å². The Bertz CT molecular complexity index is 1160. The number of nitrogens with zero attached hydrogens (tertiary/aromatic N) is 3. The van der Waals surface area contributed by atoms with E-state index < -0.39 is 0 Å². The minimum Gasteiger partial charge on any atom is -0.349 e. The zero-order valence-corrected chi connectivity index (χ0v) is 19.2. The maximum atomic E-state index is 12.6. The molecular formula is C25H23ClN4OS. The van der Waals surface area contributed by atoms with Gasteiger partial charge >= 0.3 is 0 Å². The van der Waals surface area contributed by atoms with Crippen LogP contribution in [0.25, 0.3) is 5.69 Å². The standard InChI is InChI=1S/C25H23ClN4OS/c1-18(20-12-14-21(26)15-13-20)27-24(31)17-32-25-29-28-23(16-19-8-4-2-5-9-19)30(25)22-10-6-3-7-11-22/h2-15,18H,16-17H2,1H3,(H,27,31). The molecule has 0 aliphatic rings. The Labute approximate surface area is 196 Å². The first-order chi connectivity index (χ1) is 15.6. The molecule has 162 valence electrons. The average molecular weight is 463 g/mol. The topological polar surface area (TPSA) is 59.8 Å². The molecule has 7 heteroatoms. The highest BCUT2D eigenvalue weighted by Crippen LogP contribution is 2.24. The van der Waals surface area contributed by atoms with Crippen molar-refractivity contribution in [3.8, 4) is 5.69 Å². The SMILES string of the molecule is CC(NC(=O)CSc1nnc(Cc2ccccc2)n1-c1ccccc1)c1ccc(Cl)cc1. The van der Waals surface area contributed by atoms with Crippen LogP contribution in [0.3, 0.4) is 0 Å². The molecule has 0 aliphatic heterocycles. The van der Waals surface area contributed by atoms with E-state index in [1.165, 1.54) is 11.8 Å². The number of halogens is 1. The van der Waals surface area contributed by atoms with Crippen molar-refractivity contribution in [3.05, 3.63) is 107 Å². The summed E-state index contributed by atoms with van der Waals surface area (Å²) in [7, 11) is 0. The van der Waals surface area contributed by atoms with Gasteiger partial charge in [-0.2, -0.15) is 0 Å². The molecule has 1 heterocycles. The molecule has 0 aliphatic carbocycles. The van der Waals surface area contributed by atoms with Gasteiger partial charge in [0.1, 0.15) is 5.82 Å². The van der Waals surface area contributed by atoms with Crippen LogP contribution in [-0.2, 0) is 11.2 Å². The summed E-state index contributed by atoms with van der Waals surface area (Å²) in [6.45, 7) is 1.95. The Kier molecular flexibility index (Phi) is 7.24. The summed E-state index contributed by atoms with van der Waals surface area (Å²) in [4.78, 5) is 12.6. The second-order valence-electron chi connectivity index (χ2n) is 7.36. The second kappa shape index (κ2) is 10.5. The number of hydrogen-bond acceptors (Lipinski definition) is 4. The Hall–Kier alpha value is -3.09. The van der Waals surface area contributed by atoms with Crippen LogP contribution in [0.15, 0.2) is 90.1 Å². The number of nitrogens with one attached hydrogen (secondary N) is 1. The summed E-state index contributed by atoms with van der Waals surface area (Å²) < 4.78 is 2.02. The van der Waals surface area contributed by atoms with E-state index in [0.717, 1.165) is 22.6 Å². The van der Waals surface area contributed by atoms with E-state index in [-0.39, 0.29) is 17.7 Å². The number of carbonyl (C=O) groups is 1. The third-order valence-corrected chi connectivity index (χ3v) is 6.18. The van der Waals surface area contributed by atoms with Crippen LogP contribution in [0.2, 0.25) is 5.02 Å². The Morgan fingerprint density at radius 1 is 0.969 bits per heavy atom. The van der Waals surface area contributed by atoms with Crippen LogP contribution in [0, 0.1) is 0 Å². The van der Waals surface area contributed by atoms with Gasteiger partial charge in [0, 0.05) is 17.1 Å². The smallest absolute Gasteiger partial charge is 0.230 e. The number of hydrogen-bond donors (Lipinski definition) is 1. The van der Waals surface area contributed by atoms with Gasteiger partial charge in [-0.25, -0.2) is 0 Å². The van der Waals surface area contributed by atoms with Crippen LogP contribution in [0.1, 0.15) is 29.9 Å². The molecule has 1 amide bonds. The molecule has 4 rings (SSSR count). The normalized spacial score (nSPS) is 11.8. The molecule has 0 saturated heterocycles. The summed E-state index contributed by atoms with van der Waals surface area (Å²) in [6.07, 6.45) is 0.656. The third kappa shape index (κ3) is 5.58. The number of rotatable bonds is 8. The quantitative estimate of drug-likeness (QED) is 0.352. The molecule has 5 nitrogen and oxygen atoms in total. The molecule has 0 bridgehead atoms. The molecule has 0 radical (unpaired) electrons. The zero-order chi connectivity index (χ0) is 22.3. The van der Waals surface area contributed by atoms with Crippen molar-refractivity contribution >= 4 is 29.3 Å². The third-order valence-electron chi connectivity index (χ3n) is 5.00. The van der Waals surface area contributed by atoms with Crippen molar-refractivity contribution < 1.29 is 4.79 Å². The molecule has 1 atom stereocenters. The van der Waals surface area contributed by atoms with E-state index in [2.05, 4.69) is 27.6 Å². The van der Waals surface area contributed by atoms with E-state index in [4.69, 9.17) is 11.6 Å². The van der Waals surface area contributed by atoms with Crippen LogP contribution >= 0.6 is 23.4 Å². The summed E-state index contributed by atoms with van der Waals surface area (Å²) in [5.41, 5.74) is 3.13. The first-order valence-electron chi connectivity index (χ1n) is 10.3. The van der Waals surface area contributed by atoms with Crippen molar-refractivity contribution in [1.29, 1.82) is 0 Å². The number of aromatic nitrogens is 3. The first kappa shape index (κ1) is 22.1. The van der Waals surface area contributed by atoms with Gasteiger partial charge in [-0.15, -0.1) is 10.2 Å². The van der Waals surface area contributed by atoms with E-state index in [1.807, 2.05) is 84.3 Å². The van der Waals surface area contributed by atoms with Gasteiger partial charge < -0.3 is 5.32 Å². The molecule has 1 unspecified atom stereocenters. The van der Waals surface area contributed by atoms with Crippen molar-refractivity contribution in [2.24, 2.45) is 0 Å². The summed E-state index contributed by atoms with van der Waals surface area (Å²) in [6, 6.07) is 27.5. The van der Waals surface area contributed by atoms with Crippen LogP contribution in [-0.4, -0.2) is 26.4 Å². The molecule has 0 spiro atoms. The summed E-state index contributed by atoms with van der Waals surface area (Å²) in [5, 5.41) is 13.2. The fourth-order valence-electron chi connectivity index (χ4n) is 3.37. The van der Waals surface area contributed by atoms with Gasteiger partial charge in [0.05, 0.1) is 11.8 Å². The monoisotopic (exact) mass is 462 g/mol. The average Bonchev–Trinajstić information content (AvgIpc) is 3.21. The molecule has 1 aromatic heterocycles. The number of benzene rings is 3. The Morgan fingerprint density at radius 2 is 1.62 bits per heavy atom. The molecule has 3 aromatic carbocycles. The minimum atomic E-state index is -0.110. The molecule has 1 N–H and O–H groups in total. The zero-order valence-electron chi connectivity index (χ0n) is 17.6. The predicted molar refractivity (Wildman–Crippen MR) is 129 cm³/mol. The molecular weight excluding hydrogens is 440 g/mol. The van der Waals surface area contributed by atoms with Crippen LogP contribution in [0.4, 0.5) is 0 Å². The predicted octanol–water partition coefficient (Wildman–Crippen LogP) is 5.48. The lowest BCUT2D eigenvalue weighted by molar-refractivity contribution is -0.119. The van der Waals surface area contributed by atoms with Crippen LogP contribution < -0.4 is 5.32 Å². The molecule has 0 fully saturated rings. The van der Waals surface area contributed by atoms with Crippen LogP contribution in [0.5, 0.6) is 0 Å². The van der Waals surface area contributed by atoms with Gasteiger partial charge in [0.15, 0.2) is 5.16 Å². The minimum absolute atomic E-state index is 0.0651. The van der Waals surface area contributed by atoms with Gasteiger partial charge in [-0.05, 0) is 42.3 Å². The van der Waals surface area contributed by atoms with E-state index >= 15 is 0 Å². The lowest BCUT2D eigenvalue weighted by Gasteiger charge is -2.14. The molecule has 4 aromatic rings. The number of para-hydroxylation sites is 1. The Morgan fingerprint density at radius 3 is 2.31 bits per heavy atom. The van der Waals surface area contributed by atoms with Gasteiger partial charge in [-0.3, -0.25) is 9.36 Å². The van der Waals surface area contributed by atoms with Crippen molar-refractivity contribution in [1.82, 2.24) is 20.1 Å². The van der Waals surface area contributed by atoms with Gasteiger partial charge in [0.2, 0.25) is 5.91 Å². The summed E-state index contributed by atoms with van der Waals surface area (Å²) >= 11 is 7.33. The first-order valence-corrected chi connectivity index (χ1v) is 11.7. The number of amides is 1. The van der Waals surface area contributed by atoms with E-state index in [1.54, 1.807) is 0 Å². The summed E-state index contributed by atoms with van der Waals surface area (Å²) in [5.74, 6) is 1.01. The molecule has 0 saturated carbocycles. The van der Waals surface area contributed by atoms with Gasteiger partial charge in [0.25, 0.3) is 0 Å². The fraction of sp³-hybridized carbons (Fsp3) is 0.160. The highest BCUT2D eigenvalue weighted by molar-refractivity contribution is 7.99. The highest BCUT2D eigenvalue weighted by atomic mass is 35.5. The largest absolute Gasteiger partial charge is 0.349 e. The Balaban J connectivity index is 1.48.